The summed E-state index contributed by atoms with van der Waals surface area (Å²) in [4.78, 5) is 0. The summed E-state index contributed by atoms with van der Waals surface area (Å²) in [5.74, 6) is 4.43. The van der Waals surface area contributed by atoms with Gasteiger partial charge >= 0.3 is 0 Å². The van der Waals surface area contributed by atoms with Crippen LogP contribution in [-0.2, 0) is 0 Å². The molecule has 0 saturated heterocycles. The van der Waals surface area contributed by atoms with Gasteiger partial charge in [-0.1, -0.05) is 11.8 Å². The Balaban J connectivity index is 2.84. The number of hydrogen-bond acceptors (Lipinski definition) is 2. The molecule has 1 N–H and O–H groups in total. The fourth-order valence-corrected chi connectivity index (χ4v) is 0.982. The molecule has 1 aromatic carbocycles. The van der Waals surface area contributed by atoms with Gasteiger partial charge in [0.15, 0.2) is 11.6 Å². The lowest BCUT2D eigenvalue weighted by Crippen LogP contribution is -2.00. The van der Waals surface area contributed by atoms with E-state index in [1.165, 1.54) is 18.2 Å². The van der Waals surface area contributed by atoms with Crippen molar-refractivity contribution in [3.8, 4) is 17.6 Å². The summed E-state index contributed by atoms with van der Waals surface area (Å²) in [5.41, 5.74) is 0.513. The highest BCUT2D eigenvalue weighted by Gasteiger charge is 2.03. The van der Waals surface area contributed by atoms with E-state index < -0.39 is 12.5 Å². The van der Waals surface area contributed by atoms with Crippen molar-refractivity contribution in [2.24, 2.45) is 0 Å². The molecule has 0 spiro atoms. The first-order chi connectivity index (χ1) is 7.27. The van der Waals surface area contributed by atoms with Crippen molar-refractivity contribution in [3.05, 3.63) is 29.6 Å². The van der Waals surface area contributed by atoms with Gasteiger partial charge in [-0.2, -0.15) is 0 Å². The van der Waals surface area contributed by atoms with Gasteiger partial charge in [0.25, 0.3) is 0 Å². The SMILES string of the molecule is OCC#Cc1ccc(F)c(OCCF)c1. The zero-order valence-corrected chi connectivity index (χ0v) is 7.96. The minimum Gasteiger partial charge on any atom is -0.488 e. The van der Waals surface area contributed by atoms with Gasteiger partial charge in [0.05, 0.1) is 0 Å². The van der Waals surface area contributed by atoms with Crippen molar-refractivity contribution in [2.45, 2.75) is 0 Å². The molecule has 0 aliphatic carbocycles. The first kappa shape index (κ1) is 11.5. The lowest BCUT2D eigenvalue weighted by molar-refractivity contribution is 0.262. The van der Waals surface area contributed by atoms with Gasteiger partial charge in [-0.25, -0.2) is 8.78 Å². The van der Waals surface area contributed by atoms with Gasteiger partial charge in [0.2, 0.25) is 0 Å². The lowest BCUT2D eigenvalue weighted by Gasteiger charge is -2.04. The summed E-state index contributed by atoms with van der Waals surface area (Å²) in [6.45, 7) is -1.13. The summed E-state index contributed by atoms with van der Waals surface area (Å²) in [6.07, 6.45) is 0. The molecule has 1 rings (SSSR count). The molecule has 0 radical (unpaired) electrons. The molecular weight excluding hydrogens is 202 g/mol. The Bertz CT molecular complexity index is 380. The number of rotatable bonds is 3. The quantitative estimate of drug-likeness (QED) is 0.770. The van der Waals surface area contributed by atoms with Gasteiger partial charge in [-0.05, 0) is 18.2 Å². The Morgan fingerprint density at radius 2 is 2.20 bits per heavy atom. The molecule has 0 aromatic heterocycles. The zero-order chi connectivity index (χ0) is 11.1. The Hall–Kier alpha value is -1.60. The number of halogens is 2. The maximum absolute atomic E-state index is 13.1. The predicted molar refractivity (Wildman–Crippen MR) is 51.8 cm³/mol. The van der Waals surface area contributed by atoms with Crippen LogP contribution in [0.4, 0.5) is 8.78 Å². The molecule has 0 bridgehead atoms. The first-order valence-corrected chi connectivity index (χ1v) is 4.36. The Kier molecular flexibility index (Phi) is 4.58. The van der Waals surface area contributed by atoms with Crippen LogP contribution < -0.4 is 4.74 Å². The van der Waals surface area contributed by atoms with Crippen molar-refractivity contribution in [1.82, 2.24) is 0 Å². The summed E-state index contributed by atoms with van der Waals surface area (Å²) in [6, 6.07) is 4.02. The molecule has 0 unspecified atom stereocenters. The maximum atomic E-state index is 13.1. The second-order valence-corrected chi connectivity index (χ2v) is 2.64. The van der Waals surface area contributed by atoms with Gasteiger partial charge in [0, 0.05) is 5.56 Å². The first-order valence-electron chi connectivity index (χ1n) is 4.36. The van der Waals surface area contributed by atoms with E-state index in [1.54, 1.807) is 0 Å². The van der Waals surface area contributed by atoms with Crippen LogP contribution in [0.5, 0.6) is 5.75 Å². The molecule has 4 heteroatoms. The normalized spacial score (nSPS) is 9.27. The number of aliphatic hydroxyl groups is 1. The van der Waals surface area contributed by atoms with Gasteiger partial charge in [-0.3, -0.25) is 0 Å². The monoisotopic (exact) mass is 212 g/mol. The topological polar surface area (TPSA) is 29.5 Å². The third-order valence-corrected chi connectivity index (χ3v) is 1.58. The third kappa shape index (κ3) is 3.56. The molecule has 2 nitrogen and oxygen atoms in total. The minimum absolute atomic E-state index is 0.0302. The van der Waals surface area contributed by atoms with E-state index in [1.807, 2.05) is 0 Å². The van der Waals surface area contributed by atoms with Crippen LogP contribution in [0.2, 0.25) is 0 Å². The highest BCUT2D eigenvalue weighted by molar-refractivity contribution is 5.40. The molecule has 0 aliphatic heterocycles. The Morgan fingerprint density at radius 3 is 2.87 bits per heavy atom. The van der Waals surface area contributed by atoms with E-state index in [0.29, 0.717) is 5.56 Å². The van der Waals surface area contributed by atoms with Gasteiger partial charge in [-0.15, -0.1) is 0 Å². The summed E-state index contributed by atoms with van der Waals surface area (Å²) < 4.78 is 29.7. The highest BCUT2D eigenvalue weighted by atomic mass is 19.1. The number of alkyl halides is 1. The van der Waals surface area contributed by atoms with E-state index in [-0.39, 0.29) is 19.0 Å². The van der Waals surface area contributed by atoms with Crippen molar-refractivity contribution in [3.63, 3.8) is 0 Å². The predicted octanol–water partition coefficient (Wildman–Crippen LogP) is 1.52. The van der Waals surface area contributed by atoms with Gasteiger partial charge in [0.1, 0.15) is 19.9 Å². The standard InChI is InChI=1S/C11H10F2O2/c12-5-7-15-11-8-9(2-1-6-14)3-4-10(11)13/h3-4,8,14H,5-7H2. The molecule has 0 amide bonds. The molecule has 0 fully saturated rings. The Morgan fingerprint density at radius 1 is 1.40 bits per heavy atom. The fourth-order valence-electron chi connectivity index (χ4n) is 0.982. The average Bonchev–Trinajstić information content (AvgIpc) is 2.26. The van der Waals surface area contributed by atoms with Crippen molar-refractivity contribution >= 4 is 0 Å². The molecule has 1 aromatic rings. The molecule has 0 heterocycles. The minimum atomic E-state index is -0.675. The van der Waals surface area contributed by atoms with E-state index >= 15 is 0 Å². The van der Waals surface area contributed by atoms with E-state index in [2.05, 4.69) is 11.8 Å². The van der Waals surface area contributed by atoms with E-state index in [0.717, 1.165) is 0 Å². The maximum Gasteiger partial charge on any atom is 0.165 e. The molecular formula is C11H10F2O2. The second kappa shape index (κ2) is 5.99. The molecule has 80 valence electrons. The van der Waals surface area contributed by atoms with Crippen LogP contribution in [0.1, 0.15) is 5.56 Å². The smallest absolute Gasteiger partial charge is 0.165 e. The molecule has 0 aliphatic rings. The van der Waals surface area contributed by atoms with Crippen LogP contribution in [-0.4, -0.2) is 25.0 Å². The molecule has 0 saturated carbocycles. The number of benzene rings is 1. The van der Waals surface area contributed by atoms with Crippen LogP contribution in [0.3, 0.4) is 0 Å². The fraction of sp³-hybridized carbons (Fsp3) is 0.273. The summed E-state index contributed by atoms with van der Waals surface area (Å²) >= 11 is 0. The summed E-state index contributed by atoms with van der Waals surface area (Å²) in [7, 11) is 0. The number of aliphatic hydroxyl groups excluding tert-OH is 1. The van der Waals surface area contributed by atoms with Gasteiger partial charge < -0.3 is 9.84 Å². The second-order valence-electron chi connectivity index (χ2n) is 2.64. The summed E-state index contributed by atoms with van der Waals surface area (Å²) in [5, 5.41) is 8.46. The van der Waals surface area contributed by atoms with Crippen LogP contribution >= 0.6 is 0 Å². The van der Waals surface area contributed by atoms with E-state index in [9.17, 15) is 8.78 Å². The van der Waals surface area contributed by atoms with Crippen LogP contribution in [0.25, 0.3) is 0 Å². The van der Waals surface area contributed by atoms with Crippen LogP contribution in [0.15, 0.2) is 18.2 Å². The molecule has 0 atom stereocenters. The number of ether oxygens (including phenoxy) is 1. The van der Waals surface area contributed by atoms with Crippen molar-refractivity contribution in [1.29, 1.82) is 0 Å². The zero-order valence-electron chi connectivity index (χ0n) is 7.96. The average molecular weight is 212 g/mol. The molecule has 15 heavy (non-hydrogen) atoms. The highest BCUT2D eigenvalue weighted by Crippen LogP contribution is 2.18. The number of hydrogen-bond donors (Lipinski definition) is 1. The van der Waals surface area contributed by atoms with Crippen LogP contribution in [0, 0.1) is 17.7 Å². The largest absolute Gasteiger partial charge is 0.488 e. The van der Waals surface area contributed by atoms with Crippen molar-refractivity contribution < 1.29 is 18.6 Å². The Labute approximate surface area is 86.5 Å². The van der Waals surface area contributed by atoms with Crippen molar-refractivity contribution in [2.75, 3.05) is 19.9 Å². The lowest BCUT2D eigenvalue weighted by atomic mass is 10.2. The van der Waals surface area contributed by atoms with E-state index in [4.69, 9.17) is 9.84 Å². The third-order valence-electron chi connectivity index (χ3n) is 1.58.